The Bertz CT molecular complexity index is 134. The zero-order chi connectivity index (χ0) is 9.00. The van der Waals surface area contributed by atoms with Gasteiger partial charge in [-0.15, -0.1) is 0 Å². The monoisotopic (exact) mass is 410 g/mol. The van der Waals surface area contributed by atoms with Crippen molar-refractivity contribution in [2.75, 3.05) is 0 Å². The van der Waals surface area contributed by atoms with Crippen molar-refractivity contribution in [1.29, 1.82) is 0 Å². The summed E-state index contributed by atoms with van der Waals surface area (Å²) in [4.78, 5) is 51.3. The van der Waals surface area contributed by atoms with Crippen LogP contribution in [0.15, 0.2) is 0 Å². The first-order chi connectivity index (χ1) is 4.00. The first-order valence-corrected chi connectivity index (χ1v) is 4.38. The predicted octanol–water partition coefficient (Wildman–Crippen LogP) is -8.65. The molecule has 0 amide bonds. The molecule has 0 aromatic rings. The fraction of sp³-hybridized carbons (Fsp3) is 0. The molecule has 0 aromatic carbocycles. The van der Waals surface area contributed by atoms with Gasteiger partial charge in [-0.2, -0.15) is 15.6 Å². The van der Waals surface area contributed by atoms with Gasteiger partial charge in [0.15, 0.2) is 0 Å². The molecule has 0 saturated carbocycles. The van der Waals surface area contributed by atoms with Gasteiger partial charge in [-0.25, -0.2) is 0 Å². The van der Waals surface area contributed by atoms with Crippen LogP contribution < -0.4 is 58.9 Å². The van der Waals surface area contributed by atoms with Gasteiger partial charge in [0, 0.05) is 0 Å². The van der Waals surface area contributed by atoms with E-state index in [2.05, 4.69) is 0 Å². The average molecular weight is 412 g/mol. The molecule has 0 rings (SSSR count). The van der Waals surface area contributed by atoms with Gasteiger partial charge in [0.25, 0.3) is 0 Å². The molecule has 0 spiro atoms. The molecule has 0 aliphatic carbocycles. The molecule has 0 heterocycles. The Labute approximate surface area is 131 Å². The van der Waals surface area contributed by atoms with Crippen LogP contribution in [0.25, 0.3) is 0 Å². The molecule has 0 saturated heterocycles. The zero-order valence-electron chi connectivity index (χ0n) is 5.96. The van der Waals surface area contributed by atoms with Crippen LogP contribution in [-0.4, -0.2) is 0 Å². The van der Waals surface area contributed by atoms with Crippen LogP contribution in [0.3, 0.4) is 0 Å². The molecule has 74 valence electrons. The molecule has 0 aromatic heterocycles. The van der Waals surface area contributed by atoms with Crippen molar-refractivity contribution in [2.45, 2.75) is 0 Å². The first kappa shape index (κ1) is 29.7. The third kappa shape index (κ3) is 303. The van der Waals surface area contributed by atoms with Gasteiger partial charge in [0.05, 0.1) is 0 Å². The Morgan fingerprint density at radius 2 is 0.692 bits per heavy atom. The molecule has 13 heteroatoms. The van der Waals surface area contributed by atoms with Gasteiger partial charge in [-0.3, -0.25) is 0 Å². The summed E-state index contributed by atoms with van der Waals surface area (Å²) in [6, 6.07) is 0. The van der Waals surface area contributed by atoms with E-state index < -0.39 is 15.6 Å². The molecule has 0 unspecified atom stereocenters. The largest absolute Gasteiger partial charge is 4.00 e. The molecule has 0 N–H and O–H groups in total. The molecule has 0 radical (unpaired) electrons. The van der Waals surface area contributed by atoms with Gasteiger partial charge in [-0.1, -0.05) is 0 Å². The number of phosphoric acid groups is 2. The van der Waals surface area contributed by atoms with E-state index >= 15 is 0 Å². The summed E-state index contributed by atoms with van der Waals surface area (Å²) in [6.07, 6.45) is 0. The summed E-state index contributed by atoms with van der Waals surface area (Å²) < 4.78 is 17.1. The maximum absolute atomic E-state index is 8.55. The smallest absolute Gasteiger partial charge is 0.822 e. The van der Waals surface area contributed by atoms with Crippen molar-refractivity contribution in [3.8, 4) is 0 Å². The molecule has 0 bridgehead atoms. The fourth-order valence-electron chi connectivity index (χ4n) is 0. The van der Waals surface area contributed by atoms with Crippen LogP contribution in [0.2, 0.25) is 0 Å². The van der Waals surface area contributed by atoms with Crippen molar-refractivity contribution in [2.24, 2.45) is 0 Å². The summed E-state index contributed by atoms with van der Waals surface area (Å²) >= 11 is 0. The van der Waals surface area contributed by atoms with Gasteiger partial charge in [-0.05, 0) is 0 Å². The Hall–Kier alpha value is 2.84. The fourth-order valence-corrected chi connectivity index (χ4v) is 0. The molecule has 0 aliphatic rings. The third-order valence-corrected chi connectivity index (χ3v) is 0. The van der Waals surface area contributed by atoms with Crippen molar-refractivity contribution in [3.05, 3.63) is 0 Å². The topological polar surface area (TPSA) is 172 Å². The summed E-state index contributed by atoms with van der Waals surface area (Å²) in [5.41, 5.74) is 0. The summed E-state index contributed by atoms with van der Waals surface area (Å²) in [5, 5.41) is 0. The molecule has 0 atom stereocenters. The van der Waals surface area contributed by atoms with Gasteiger partial charge in [0.2, 0.25) is 0 Å². The Kier molecular flexibility index (Phi) is 29.5. The minimum atomic E-state index is -5.39. The van der Waals surface area contributed by atoms with Crippen LogP contribution in [-0.2, 0) is 57.7 Å². The zero-order valence-corrected chi connectivity index (χ0v) is 13.7. The molecule has 0 aliphatic heterocycles. The van der Waals surface area contributed by atoms with E-state index in [0.29, 0.717) is 0 Å². The molecule has 13 heavy (non-hydrogen) atoms. The standard InChI is InChI=1S/Ag.Na.2H3O4P.Zr/c;;2*1-5(2,3)4;/h;;2*(H3,1,2,3,4);/q2*+1;;;+4/p-6. The normalized spacial score (nSPS) is 9.08. The predicted molar refractivity (Wildman–Crippen MR) is 15.2 cm³/mol. The second-order valence-corrected chi connectivity index (χ2v) is 2.68. The first-order valence-electron chi connectivity index (χ1n) is 1.46. The van der Waals surface area contributed by atoms with Crippen LogP contribution in [0.4, 0.5) is 0 Å². The number of hydrogen-bond acceptors (Lipinski definition) is 8. The van der Waals surface area contributed by atoms with E-state index in [1.54, 1.807) is 0 Å². The van der Waals surface area contributed by atoms with Crippen molar-refractivity contribution < 1.29 is 117 Å². The Balaban J connectivity index is -0.0000000267. The SMILES string of the molecule is O=P([O-])([O-])[O-].O=P([O-])([O-])[O-].[Ag+].[Na+].[Zr+4]. The molecule has 0 fully saturated rings. The maximum Gasteiger partial charge on any atom is 4.00 e. The van der Waals surface area contributed by atoms with Crippen molar-refractivity contribution in [3.63, 3.8) is 0 Å². The van der Waals surface area contributed by atoms with Crippen LogP contribution in [0, 0.1) is 0 Å². The second-order valence-electron chi connectivity index (χ2n) is 0.894. The maximum atomic E-state index is 8.55. The van der Waals surface area contributed by atoms with E-state index in [1.807, 2.05) is 0 Å². The van der Waals surface area contributed by atoms with E-state index in [-0.39, 0.29) is 78.1 Å². The summed E-state index contributed by atoms with van der Waals surface area (Å²) in [6.45, 7) is 0. The quantitative estimate of drug-likeness (QED) is 0.279. The van der Waals surface area contributed by atoms with E-state index in [4.69, 9.17) is 38.5 Å². The van der Waals surface area contributed by atoms with Crippen LogP contribution in [0.5, 0.6) is 0 Å². The van der Waals surface area contributed by atoms with Gasteiger partial charge in [0.1, 0.15) is 0 Å². The van der Waals surface area contributed by atoms with Crippen LogP contribution in [0.1, 0.15) is 0 Å². The minimum absolute atomic E-state index is 0. The second kappa shape index (κ2) is 12.9. The van der Waals surface area contributed by atoms with Crippen molar-refractivity contribution in [1.82, 2.24) is 0 Å². The summed E-state index contributed by atoms with van der Waals surface area (Å²) in [7, 11) is -10.8. The van der Waals surface area contributed by atoms with Gasteiger partial charge >= 0.3 is 78.1 Å². The third-order valence-electron chi connectivity index (χ3n) is 0. The van der Waals surface area contributed by atoms with E-state index in [1.165, 1.54) is 0 Å². The number of hydrogen-bond donors (Lipinski definition) is 0. The Morgan fingerprint density at radius 1 is 0.692 bits per heavy atom. The molecular formula is AgNaO8P2Zr. The number of rotatable bonds is 0. The Morgan fingerprint density at radius 3 is 0.692 bits per heavy atom. The van der Waals surface area contributed by atoms with E-state index in [0.717, 1.165) is 0 Å². The average Bonchev–Trinajstić information content (AvgIpc) is 1.12. The minimum Gasteiger partial charge on any atom is -0.822 e. The van der Waals surface area contributed by atoms with Gasteiger partial charge < -0.3 is 38.5 Å². The van der Waals surface area contributed by atoms with Crippen LogP contribution >= 0.6 is 15.6 Å². The van der Waals surface area contributed by atoms with Crippen molar-refractivity contribution >= 4 is 15.6 Å². The van der Waals surface area contributed by atoms with E-state index in [9.17, 15) is 0 Å². The summed E-state index contributed by atoms with van der Waals surface area (Å²) in [5.74, 6) is 0. The molecular weight excluding hydrogens is 412 g/mol. The molecule has 8 nitrogen and oxygen atoms in total.